The van der Waals surface area contributed by atoms with Gasteiger partial charge in [0.05, 0.1) is 10.7 Å². The van der Waals surface area contributed by atoms with Crippen LogP contribution >= 0.6 is 22.6 Å². The Hall–Kier alpha value is -0.750. The quantitative estimate of drug-likeness (QED) is 0.438. The molecule has 1 aromatic carbocycles. The molecule has 0 N–H and O–H groups in total. The van der Waals surface area contributed by atoms with Crippen molar-refractivity contribution < 1.29 is 14.2 Å². The van der Waals surface area contributed by atoms with E-state index in [4.69, 9.17) is 14.2 Å². The van der Waals surface area contributed by atoms with Crippen LogP contribution in [0.1, 0.15) is 19.4 Å². The summed E-state index contributed by atoms with van der Waals surface area (Å²) in [5.74, 6) is 1.72. The predicted molar refractivity (Wildman–Crippen MR) is 81.4 cm³/mol. The highest BCUT2D eigenvalue weighted by molar-refractivity contribution is 14.1. The van der Waals surface area contributed by atoms with Gasteiger partial charge >= 0.3 is 0 Å². The van der Waals surface area contributed by atoms with Gasteiger partial charge in [0, 0.05) is 12.7 Å². The van der Waals surface area contributed by atoms with Crippen LogP contribution < -0.4 is 9.47 Å². The minimum absolute atomic E-state index is 0.254. The van der Waals surface area contributed by atoms with Gasteiger partial charge in [-0.15, -0.1) is 0 Å². The van der Waals surface area contributed by atoms with E-state index in [2.05, 4.69) is 42.5 Å². The van der Waals surface area contributed by atoms with Gasteiger partial charge in [0.1, 0.15) is 11.5 Å². The second-order valence-electron chi connectivity index (χ2n) is 4.13. The first-order valence-corrected chi connectivity index (χ1v) is 6.78. The number of methoxy groups -OCH3 is 2. The molecule has 4 heteroatoms. The molecule has 1 aromatic rings. The zero-order valence-electron chi connectivity index (χ0n) is 11.2. The summed E-state index contributed by atoms with van der Waals surface area (Å²) in [5.41, 5.74) is 2.38. The topological polar surface area (TPSA) is 27.7 Å². The fraction of sp³-hybridized carbons (Fsp3) is 0.429. The van der Waals surface area contributed by atoms with Crippen molar-refractivity contribution >= 4 is 22.6 Å². The average Bonchev–Trinajstić information content (AvgIpc) is 2.34. The SMILES string of the molecule is COCOc1cc(I)c(OC)cc1CC=C(C)C. The van der Waals surface area contributed by atoms with Crippen LogP contribution in [-0.2, 0) is 11.2 Å². The van der Waals surface area contributed by atoms with Crippen molar-refractivity contribution in [1.29, 1.82) is 0 Å². The molecule has 0 aliphatic rings. The van der Waals surface area contributed by atoms with E-state index in [1.54, 1.807) is 14.2 Å². The van der Waals surface area contributed by atoms with Crippen LogP contribution in [0.3, 0.4) is 0 Å². The van der Waals surface area contributed by atoms with Crippen LogP contribution in [0.25, 0.3) is 0 Å². The Labute approximate surface area is 122 Å². The van der Waals surface area contributed by atoms with E-state index < -0.39 is 0 Å². The largest absolute Gasteiger partial charge is 0.496 e. The maximum absolute atomic E-state index is 5.59. The Morgan fingerprint density at radius 2 is 1.94 bits per heavy atom. The van der Waals surface area contributed by atoms with Gasteiger partial charge in [0.15, 0.2) is 6.79 Å². The summed E-state index contributed by atoms with van der Waals surface area (Å²) in [6.07, 6.45) is 3.00. The molecule has 0 unspecified atom stereocenters. The van der Waals surface area contributed by atoms with Crippen molar-refractivity contribution in [3.05, 3.63) is 32.9 Å². The summed E-state index contributed by atoms with van der Waals surface area (Å²) < 4.78 is 16.9. The molecule has 0 bridgehead atoms. The Balaban J connectivity index is 3.04. The Morgan fingerprint density at radius 1 is 1.22 bits per heavy atom. The van der Waals surface area contributed by atoms with Gasteiger partial charge in [-0.05, 0) is 55.0 Å². The van der Waals surface area contributed by atoms with Crippen molar-refractivity contribution in [2.24, 2.45) is 0 Å². The number of halogens is 1. The second-order valence-corrected chi connectivity index (χ2v) is 5.29. The normalized spacial score (nSPS) is 10.1. The van der Waals surface area contributed by atoms with Gasteiger partial charge < -0.3 is 14.2 Å². The van der Waals surface area contributed by atoms with Crippen LogP contribution in [0.5, 0.6) is 11.5 Å². The first-order valence-electron chi connectivity index (χ1n) is 5.70. The van der Waals surface area contributed by atoms with E-state index in [1.807, 2.05) is 12.1 Å². The molecular formula is C14H19IO3. The van der Waals surface area contributed by atoms with Gasteiger partial charge in [-0.25, -0.2) is 0 Å². The van der Waals surface area contributed by atoms with Gasteiger partial charge in [-0.1, -0.05) is 11.6 Å². The second kappa shape index (κ2) is 7.63. The van der Waals surface area contributed by atoms with Crippen molar-refractivity contribution in [1.82, 2.24) is 0 Å². The van der Waals surface area contributed by atoms with E-state index in [9.17, 15) is 0 Å². The molecule has 0 atom stereocenters. The third-order valence-corrected chi connectivity index (χ3v) is 3.24. The molecule has 0 fully saturated rings. The molecule has 0 saturated heterocycles. The smallest absolute Gasteiger partial charge is 0.188 e. The molecule has 0 saturated carbocycles. The molecule has 3 nitrogen and oxygen atoms in total. The third kappa shape index (κ3) is 4.49. The summed E-state index contributed by atoms with van der Waals surface area (Å²) in [6.45, 7) is 4.42. The summed E-state index contributed by atoms with van der Waals surface area (Å²) in [4.78, 5) is 0. The minimum Gasteiger partial charge on any atom is -0.496 e. The van der Waals surface area contributed by atoms with Crippen LogP contribution in [-0.4, -0.2) is 21.0 Å². The first-order chi connectivity index (χ1) is 8.58. The molecule has 0 amide bonds. The van der Waals surface area contributed by atoms with Gasteiger partial charge in [-0.3, -0.25) is 0 Å². The summed E-state index contributed by atoms with van der Waals surface area (Å²) in [7, 11) is 3.29. The summed E-state index contributed by atoms with van der Waals surface area (Å²) in [5, 5.41) is 0. The van der Waals surface area contributed by atoms with Gasteiger partial charge in [-0.2, -0.15) is 0 Å². The zero-order valence-corrected chi connectivity index (χ0v) is 13.4. The number of hydrogen-bond donors (Lipinski definition) is 0. The number of benzene rings is 1. The maximum Gasteiger partial charge on any atom is 0.188 e. The average molecular weight is 362 g/mol. The fourth-order valence-electron chi connectivity index (χ4n) is 1.46. The Bertz CT molecular complexity index is 423. The molecule has 100 valence electrons. The lowest BCUT2D eigenvalue weighted by Crippen LogP contribution is -2.03. The summed E-state index contributed by atoms with van der Waals surface area (Å²) >= 11 is 2.24. The van der Waals surface area contributed by atoms with E-state index >= 15 is 0 Å². The van der Waals surface area contributed by atoms with Gasteiger partial charge in [0.2, 0.25) is 0 Å². The summed E-state index contributed by atoms with van der Waals surface area (Å²) in [6, 6.07) is 4.00. The lowest BCUT2D eigenvalue weighted by Gasteiger charge is -2.13. The highest BCUT2D eigenvalue weighted by Crippen LogP contribution is 2.30. The molecule has 1 rings (SSSR count). The van der Waals surface area contributed by atoms with Crippen molar-refractivity contribution in [3.8, 4) is 11.5 Å². The third-order valence-electron chi connectivity index (χ3n) is 2.40. The molecule has 0 radical (unpaired) electrons. The van der Waals surface area contributed by atoms with Crippen molar-refractivity contribution in [2.45, 2.75) is 20.3 Å². The molecule has 0 aromatic heterocycles. The predicted octanol–water partition coefficient (Wildman–Crippen LogP) is 3.79. The van der Waals surface area contributed by atoms with Gasteiger partial charge in [0.25, 0.3) is 0 Å². The highest BCUT2D eigenvalue weighted by Gasteiger charge is 2.09. The van der Waals surface area contributed by atoms with E-state index in [0.29, 0.717) is 0 Å². The maximum atomic E-state index is 5.59. The standard InChI is InChI=1S/C14H19IO3/c1-10(2)5-6-11-7-14(17-4)12(15)8-13(11)18-9-16-3/h5,7-8H,6,9H2,1-4H3. The molecule has 0 spiro atoms. The van der Waals surface area contributed by atoms with E-state index in [-0.39, 0.29) is 6.79 Å². The molecule has 0 aliphatic heterocycles. The minimum atomic E-state index is 0.254. The van der Waals surface area contributed by atoms with Crippen LogP contribution in [0.15, 0.2) is 23.8 Å². The van der Waals surface area contributed by atoms with Crippen LogP contribution in [0, 0.1) is 3.57 Å². The first kappa shape index (κ1) is 15.3. The Morgan fingerprint density at radius 3 is 2.50 bits per heavy atom. The lowest BCUT2D eigenvalue weighted by atomic mass is 10.1. The number of ether oxygens (including phenoxy) is 3. The highest BCUT2D eigenvalue weighted by atomic mass is 127. The molecule has 18 heavy (non-hydrogen) atoms. The zero-order chi connectivity index (χ0) is 13.5. The lowest BCUT2D eigenvalue weighted by molar-refractivity contribution is 0.0504. The van der Waals surface area contributed by atoms with E-state index in [1.165, 1.54) is 5.57 Å². The van der Waals surface area contributed by atoms with Crippen LogP contribution in [0.4, 0.5) is 0 Å². The molecule has 0 heterocycles. The monoisotopic (exact) mass is 362 g/mol. The molecular weight excluding hydrogens is 343 g/mol. The number of allylic oxidation sites excluding steroid dienone is 2. The van der Waals surface area contributed by atoms with Crippen LogP contribution in [0.2, 0.25) is 0 Å². The molecule has 0 aliphatic carbocycles. The fourth-order valence-corrected chi connectivity index (χ4v) is 2.12. The van der Waals surface area contributed by atoms with Crippen molar-refractivity contribution in [2.75, 3.05) is 21.0 Å². The number of rotatable bonds is 6. The van der Waals surface area contributed by atoms with Crippen molar-refractivity contribution in [3.63, 3.8) is 0 Å². The van der Waals surface area contributed by atoms with E-state index in [0.717, 1.165) is 27.1 Å². The number of hydrogen-bond acceptors (Lipinski definition) is 3. The Kier molecular flexibility index (Phi) is 6.49.